The second-order valence-corrected chi connectivity index (χ2v) is 5.12. The average molecular weight is 308 g/mol. The molecule has 2 aromatic carbocycles. The zero-order valence-electron chi connectivity index (χ0n) is 13.3. The van der Waals surface area contributed by atoms with Crippen molar-refractivity contribution in [1.29, 1.82) is 0 Å². The first-order chi connectivity index (χ1) is 11.2. The third-order valence-electron chi connectivity index (χ3n) is 3.18. The maximum Gasteiger partial charge on any atom is 0.244 e. The fraction of sp³-hybridized carbons (Fsp3) is 0.158. The van der Waals surface area contributed by atoms with Crippen LogP contribution in [0.2, 0.25) is 0 Å². The van der Waals surface area contributed by atoms with Crippen molar-refractivity contribution in [3.05, 3.63) is 71.3 Å². The minimum Gasteiger partial charge on any atom is -0.497 e. The predicted molar refractivity (Wildman–Crippen MR) is 93.4 cm³/mol. The summed E-state index contributed by atoms with van der Waals surface area (Å²) in [5.41, 5.74) is 5.50. The Labute approximate surface area is 136 Å². The fourth-order valence-corrected chi connectivity index (χ4v) is 2.02. The number of hydrazone groups is 1. The molecule has 0 aromatic heterocycles. The van der Waals surface area contributed by atoms with E-state index in [1.807, 2.05) is 67.6 Å². The molecule has 0 aliphatic carbocycles. The van der Waals surface area contributed by atoms with E-state index in [-0.39, 0.29) is 12.3 Å². The van der Waals surface area contributed by atoms with Crippen LogP contribution in [0.4, 0.5) is 0 Å². The molecule has 0 aliphatic rings. The highest BCUT2D eigenvalue weighted by atomic mass is 16.5. The largest absolute Gasteiger partial charge is 0.497 e. The number of ether oxygens (including phenoxy) is 1. The second-order valence-electron chi connectivity index (χ2n) is 5.12. The topological polar surface area (TPSA) is 50.7 Å². The van der Waals surface area contributed by atoms with Crippen molar-refractivity contribution in [2.45, 2.75) is 13.3 Å². The van der Waals surface area contributed by atoms with Gasteiger partial charge in [0.05, 0.1) is 19.7 Å². The highest BCUT2D eigenvalue weighted by Gasteiger charge is 2.02. The van der Waals surface area contributed by atoms with E-state index in [9.17, 15) is 4.79 Å². The van der Waals surface area contributed by atoms with Crippen LogP contribution in [0.1, 0.15) is 18.1 Å². The van der Waals surface area contributed by atoms with Crippen molar-refractivity contribution in [3.8, 4) is 5.75 Å². The number of rotatable bonds is 6. The van der Waals surface area contributed by atoms with Gasteiger partial charge in [0.1, 0.15) is 5.75 Å². The smallest absolute Gasteiger partial charge is 0.244 e. The molecule has 0 aliphatic heterocycles. The number of allylic oxidation sites excluding steroid dienone is 1. The Bertz CT molecular complexity index is 689. The summed E-state index contributed by atoms with van der Waals surface area (Å²) in [7, 11) is 1.61. The third kappa shape index (κ3) is 5.79. The molecule has 0 spiro atoms. The Morgan fingerprint density at radius 3 is 2.48 bits per heavy atom. The first-order valence-electron chi connectivity index (χ1n) is 7.35. The lowest BCUT2D eigenvalue weighted by molar-refractivity contribution is -0.120. The van der Waals surface area contributed by atoms with Gasteiger partial charge in [0.25, 0.3) is 0 Å². The molecule has 0 radical (unpaired) electrons. The zero-order chi connectivity index (χ0) is 16.5. The first kappa shape index (κ1) is 16.5. The molecule has 118 valence electrons. The number of hydrogen-bond donors (Lipinski definition) is 1. The molecule has 0 fully saturated rings. The molecule has 4 heteroatoms. The van der Waals surface area contributed by atoms with E-state index in [2.05, 4.69) is 10.5 Å². The molecule has 0 saturated heterocycles. The van der Waals surface area contributed by atoms with Gasteiger partial charge in [-0.3, -0.25) is 4.79 Å². The molecule has 2 rings (SSSR count). The van der Waals surface area contributed by atoms with Gasteiger partial charge in [0.15, 0.2) is 0 Å². The maximum atomic E-state index is 11.8. The summed E-state index contributed by atoms with van der Waals surface area (Å²) in [6.07, 6.45) is 3.92. The van der Waals surface area contributed by atoms with Crippen LogP contribution < -0.4 is 10.2 Å². The lowest BCUT2D eigenvalue weighted by Gasteiger charge is -2.02. The van der Waals surface area contributed by atoms with Crippen LogP contribution in [0.15, 0.2) is 65.3 Å². The van der Waals surface area contributed by atoms with E-state index in [0.717, 1.165) is 22.4 Å². The molecule has 0 unspecified atom stereocenters. The SMILES string of the molecule is COc1ccc(CC(=O)N/N=C/C(C)=C/c2ccccc2)cc1. The summed E-state index contributed by atoms with van der Waals surface area (Å²) in [4.78, 5) is 11.8. The van der Waals surface area contributed by atoms with E-state index in [1.54, 1.807) is 13.3 Å². The summed E-state index contributed by atoms with van der Waals surface area (Å²) in [5, 5.41) is 3.98. The lowest BCUT2D eigenvalue weighted by atomic mass is 10.1. The van der Waals surface area contributed by atoms with Crippen LogP contribution in [0, 0.1) is 0 Å². The minimum absolute atomic E-state index is 0.154. The zero-order valence-corrected chi connectivity index (χ0v) is 13.3. The van der Waals surface area contributed by atoms with Crippen molar-refractivity contribution >= 4 is 18.2 Å². The maximum absolute atomic E-state index is 11.8. The minimum atomic E-state index is -0.154. The summed E-state index contributed by atoms with van der Waals surface area (Å²) in [6.45, 7) is 1.94. The number of nitrogens with one attached hydrogen (secondary N) is 1. The Morgan fingerprint density at radius 2 is 1.83 bits per heavy atom. The molecular weight excluding hydrogens is 288 g/mol. The van der Waals surface area contributed by atoms with Gasteiger partial charge in [0, 0.05) is 0 Å². The summed E-state index contributed by atoms with van der Waals surface area (Å²) < 4.78 is 5.08. The number of carbonyl (C=O) groups is 1. The molecular formula is C19H20N2O2. The van der Waals surface area contributed by atoms with Gasteiger partial charge >= 0.3 is 0 Å². The van der Waals surface area contributed by atoms with Crippen LogP contribution in [0.3, 0.4) is 0 Å². The standard InChI is InChI=1S/C19H20N2O2/c1-15(12-16-6-4-3-5-7-16)14-20-21-19(22)13-17-8-10-18(23-2)11-9-17/h3-12,14H,13H2,1-2H3,(H,21,22)/b15-12+,20-14+. The molecule has 4 nitrogen and oxygen atoms in total. The number of amides is 1. The highest BCUT2D eigenvalue weighted by molar-refractivity contribution is 5.86. The second kappa shape index (κ2) is 8.54. The molecule has 1 amide bonds. The van der Waals surface area contributed by atoms with Gasteiger partial charge in [-0.15, -0.1) is 0 Å². The Balaban J connectivity index is 1.84. The molecule has 0 saturated carbocycles. The molecule has 2 aromatic rings. The van der Waals surface area contributed by atoms with Crippen molar-refractivity contribution < 1.29 is 9.53 Å². The molecule has 0 bridgehead atoms. The van der Waals surface area contributed by atoms with Crippen LogP contribution in [-0.2, 0) is 11.2 Å². The van der Waals surface area contributed by atoms with Crippen molar-refractivity contribution in [3.63, 3.8) is 0 Å². The predicted octanol–water partition coefficient (Wildman–Crippen LogP) is 3.44. The molecule has 23 heavy (non-hydrogen) atoms. The van der Waals surface area contributed by atoms with Gasteiger partial charge in [-0.25, -0.2) is 5.43 Å². The van der Waals surface area contributed by atoms with E-state index >= 15 is 0 Å². The van der Waals surface area contributed by atoms with Gasteiger partial charge in [-0.2, -0.15) is 5.10 Å². The number of nitrogens with zero attached hydrogens (tertiary/aromatic N) is 1. The van der Waals surface area contributed by atoms with Crippen LogP contribution in [0.25, 0.3) is 6.08 Å². The average Bonchev–Trinajstić information content (AvgIpc) is 2.56. The van der Waals surface area contributed by atoms with E-state index in [1.165, 1.54) is 0 Å². The third-order valence-corrected chi connectivity index (χ3v) is 3.18. The first-order valence-corrected chi connectivity index (χ1v) is 7.35. The van der Waals surface area contributed by atoms with Crippen LogP contribution >= 0.6 is 0 Å². The summed E-state index contributed by atoms with van der Waals surface area (Å²) in [6, 6.07) is 17.3. The highest BCUT2D eigenvalue weighted by Crippen LogP contribution is 2.11. The summed E-state index contributed by atoms with van der Waals surface area (Å²) >= 11 is 0. The van der Waals surface area contributed by atoms with Gasteiger partial charge in [-0.05, 0) is 35.8 Å². The quantitative estimate of drug-likeness (QED) is 0.656. The Hall–Kier alpha value is -2.88. The Kier molecular flexibility index (Phi) is 6.12. The number of hydrogen-bond acceptors (Lipinski definition) is 3. The molecule has 0 heterocycles. The number of carbonyl (C=O) groups excluding carboxylic acids is 1. The number of methoxy groups -OCH3 is 1. The van der Waals surface area contributed by atoms with Crippen LogP contribution in [-0.4, -0.2) is 19.2 Å². The fourth-order valence-electron chi connectivity index (χ4n) is 2.02. The Morgan fingerprint density at radius 1 is 1.13 bits per heavy atom. The van der Waals surface area contributed by atoms with E-state index in [0.29, 0.717) is 0 Å². The lowest BCUT2D eigenvalue weighted by Crippen LogP contribution is -2.19. The molecule has 0 atom stereocenters. The normalized spacial score (nSPS) is 11.5. The molecule has 1 N–H and O–H groups in total. The van der Waals surface area contributed by atoms with E-state index in [4.69, 9.17) is 4.74 Å². The van der Waals surface area contributed by atoms with Crippen molar-refractivity contribution in [2.24, 2.45) is 5.10 Å². The van der Waals surface area contributed by atoms with Crippen LogP contribution in [0.5, 0.6) is 5.75 Å². The van der Waals surface area contributed by atoms with Gasteiger partial charge in [-0.1, -0.05) is 48.5 Å². The van der Waals surface area contributed by atoms with Crippen molar-refractivity contribution in [2.75, 3.05) is 7.11 Å². The van der Waals surface area contributed by atoms with Gasteiger partial charge < -0.3 is 4.74 Å². The van der Waals surface area contributed by atoms with E-state index < -0.39 is 0 Å². The summed E-state index contributed by atoms with van der Waals surface area (Å²) in [5.74, 6) is 0.618. The monoisotopic (exact) mass is 308 g/mol. The van der Waals surface area contributed by atoms with Gasteiger partial charge in [0.2, 0.25) is 5.91 Å². The van der Waals surface area contributed by atoms with Crippen molar-refractivity contribution in [1.82, 2.24) is 5.43 Å². The number of benzene rings is 2.